The fraction of sp³-hybridized carbons (Fsp3) is 0.636. The number of ether oxygens (including phenoxy) is 6. The zero-order chi connectivity index (χ0) is 20.8. The summed E-state index contributed by atoms with van der Waals surface area (Å²) in [7, 11) is 2.78. The van der Waals surface area contributed by atoms with E-state index in [4.69, 9.17) is 28.4 Å². The summed E-state index contributed by atoms with van der Waals surface area (Å²) in [6.07, 6.45) is 2.37. The second-order valence-electron chi connectivity index (χ2n) is 8.29. The Morgan fingerprint density at radius 2 is 0.867 bits per heavy atom. The van der Waals surface area contributed by atoms with Crippen molar-refractivity contribution >= 4 is 11.9 Å². The van der Waals surface area contributed by atoms with Gasteiger partial charge in [0.05, 0.1) is 76.2 Å². The molecule has 0 aromatic heterocycles. The Labute approximate surface area is 174 Å². The summed E-state index contributed by atoms with van der Waals surface area (Å²) in [5, 5.41) is 0. The van der Waals surface area contributed by atoms with Crippen molar-refractivity contribution in [3.8, 4) is 0 Å². The van der Waals surface area contributed by atoms with Crippen molar-refractivity contribution in [1.82, 2.24) is 0 Å². The van der Waals surface area contributed by atoms with E-state index in [-0.39, 0.29) is 24.4 Å². The molecule has 8 heteroatoms. The van der Waals surface area contributed by atoms with Crippen molar-refractivity contribution in [1.29, 1.82) is 0 Å². The first-order chi connectivity index (χ1) is 14.6. The van der Waals surface area contributed by atoms with Gasteiger partial charge in [-0.3, -0.25) is 0 Å². The SMILES string of the molecule is COC(=O)c1c(CC2CO2)c(CC2CO2)c(C(=O)OC)c(CC2CO2)c1CC1CO1. The van der Waals surface area contributed by atoms with Crippen LogP contribution in [0, 0.1) is 0 Å². The van der Waals surface area contributed by atoms with Gasteiger partial charge in [0, 0.05) is 25.7 Å². The van der Waals surface area contributed by atoms with E-state index in [2.05, 4.69) is 0 Å². The molecular weight excluding hydrogens is 392 g/mol. The van der Waals surface area contributed by atoms with E-state index in [1.165, 1.54) is 14.2 Å². The summed E-state index contributed by atoms with van der Waals surface area (Å²) in [5.41, 5.74) is 4.35. The van der Waals surface area contributed by atoms with Gasteiger partial charge in [-0.25, -0.2) is 9.59 Å². The lowest BCUT2D eigenvalue weighted by Crippen LogP contribution is -2.24. The summed E-state index contributed by atoms with van der Waals surface area (Å²) in [6.45, 7) is 2.58. The van der Waals surface area contributed by atoms with Gasteiger partial charge in [-0.1, -0.05) is 0 Å². The Morgan fingerprint density at radius 3 is 1.03 bits per heavy atom. The smallest absolute Gasteiger partial charge is 0.338 e. The first-order valence-electron chi connectivity index (χ1n) is 10.4. The van der Waals surface area contributed by atoms with E-state index < -0.39 is 11.9 Å². The van der Waals surface area contributed by atoms with Crippen LogP contribution in [-0.4, -0.2) is 77.0 Å². The minimum Gasteiger partial charge on any atom is -0.465 e. The van der Waals surface area contributed by atoms with E-state index in [9.17, 15) is 9.59 Å². The van der Waals surface area contributed by atoms with Gasteiger partial charge in [0.25, 0.3) is 0 Å². The monoisotopic (exact) mass is 418 g/mol. The van der Waals surface area contributed by atoms with Crippen LogP contribution in [0.5, 0.6) is 0 Å². The van der Waals surface area contributed by atoms with Gasteiger partial charge < -0.3 is 28.4 Å². The molecule has 0 bridgehead atoms. The van der Waals surface area contributed by atoms with Gasteiger partial charge in [-0.15, -0.1) is 0 Å². The molecule has 0 N–H and O–H groups in total. The molecule has 4 aliphatic rings. The Morgan fingerprint density at radius 1 is 0.633 bits per heavy atom. The van der Waals surface area contributed by atoms with Crippen LogP contribution in [0.15, 0.2) is 0 Å². The first-order valence-corrected chi connectivity index (χ1v) is 10.4. The molecule has 30 heavy (non-hydrogen) atoms. The lowest BCUT2D eigenvalue weighted by molar-refractivity contribution is 0.0581. The standard InChI is InChI=1S/C22H26O8/c1-25-21(23)19-15(3-11-7-27-11)17(5-13-9-29-13)20(22(24)26-2)18(6-14-10-30-14)16(19)4-12-8-28-12/h11-14H,3-10H2,1-2H3. The van der Waals surface area contributed by atoms with E-state index >= 15 is 0 Å². The normalized spacial score (nSPS) is 28.1. The maximum absolute atomic E-state index is 13.0. The van der Waals surface area contributed by atoms with Crippen LogP contribution in [0.1, 0.15) is 43.0 Å². The minimum atomic E-state index is -0.395. The van der Waals surface area contributed by atoms with Gasteiger partial charge in [0.2, 0.25) is 0 Å². The molecule has 8 nitrogen and oxygen atoms in total. The van der Waals surface area contributed by atoms with Crippen molar-refractivity contribution in [2.75, 3.05) is 40.6 Å². The fourth-order valence-electron chi connectivity index (χ4n) is 4.22. The maximum Gasteiger partial charge on any atom is 0.338 e. The van der Waals surface area contributed by atoms with Crippen LogP contribution < -0.4 is 0 Å². The Hall–Kier alpha value is -2.00. The quantitative estimate of drug-likeness (QED) is 0.410. The number of rotatable bonds is 10. The van der Waals surface area contributed by atoms with Crippen molar-refractivity contribution < 1.29 is 38.0 Å². The van der Waals surface area contributed by atoms with Crippen LogP contribution in [0.3, 0.4) is 0 Å². The summed E-state index contributed by atoms with van der Waals surface area (Å²) >= 11 is 0. The molecule has 0 amide bonds. The molecule has 4 fully saturated rings. The molecule has 0 spiro atoms. The van der Waals surface area contributed by atoms with Crippen LogP contribution in [0.4, 0.5) is 0 Å². The minimum absolute atomic E-state index is 0.0421. The predicted molar refractivity (Wildman–Crippen MR) is 103 cm³/mol. The highest BCUT2D eigenvalue weighted by atomic mass is 16.6. The Kier molecular flexibility index (Phi) is 5.26. The molecule has 4 heterocycles. The number of hydrogen-bond acceptors (Lipinski definition) is 8. The summed E-state index contributed by atoms with van der Waals surface area (Å²) < 4.78 is 32.3. The van der Waals surface area contributed by atoms with Crippen molar-refractivity contribution in [3.63, 3.8) is 0 Å². The van der Waals surface area contributed by atoms with Crippen LogP contribution in [0.25, 0.3) is 0 Å². The summed E-state index contributed by atoms with van der Waals surface area (Å²) in [6, 6.07) is 0. The molecule has 4 saturated heterocycles. The molecule has 4 aliphatic heterocycles. The van der Waals surface area contributed by atoms with Gasteiger partial charge in [0.1, 0.15) is 0 Å². The van der Waals surface area contributed by atoms with E-state index in [0.29, 0.717) is 63.2 Å². The van der Waals surface area contributed by atoms with Crippen LogP contribution in [0.2, 0.25) is 0 Å². The molecular formula is C22H26O8. The average Bonchev–Trinajstić information content (AvgIpc) is 3.53. The summed E-state index contributed by atoms with van der Waals surface area (Å²) in [4.78, 5) is 26.1. The number of esters is 2. The molecule has 162 valence electrons. The third kappa shape index (κ3) is 4.23. The maximum atomic E-state index is 13.0. The molecule has 1 aromatic carbocycles. The second kappa shape index (κ2) is 7.92. The molecule has 1 aromatic rings. The third-order valence-electron chi connectivity index (χ3n) is 6.05. The third-order valence-corrected chi connectivity index (χ3v) is 6.05. The van der Waals surface area contributed by atoms with Gasteiger partial charge in [0.15, 0.2) is 0 Å². The number of methoxy groups -OCH3 is 2. The fourth-order valence-corrected chi connectivity index (χ4v) is 4.22. The van der Waals surface area contributed by atoms with E-state index in [0.717, 1.165) is 22.3 Å². The first kappa shape index (κ1) is 19.9. The van der Waals surface area contributed by atoms with Crippen molar-refractivity contribution in [2.24, 2.45) is 0 Å². The van der Waals surface area contributed by atoms with Gasteiger partial charge in [-0.05, 0) is 22.3 Å². The number of carbonyl (C=O) groups excluding carboxylic acids is 2. The van der Waals surface area contributed by atoms with Gasteiger partial charge in [-0.2, -0.15) is 0 Å². The Balaban J connectivity index is 1.74. The summed E-state index contributed by atoms with van der Waals surface area (Å²) in [5.74, 6) is -0.790. The molecule has 4 unspecified atom stereocenters. The molecule has 4 atom stereocenters. The molecule has 0 radical (unpaired) electrons. The van der Waals surface area contributed by atoms with Crippen LogP contribution >= 0.6 is 0 Å². The highest BCUT2D eigenvalue weighted by Crippen LogP contribution is 2.38. The zero-order valence-corrected chi connectivity index (χ0v) is 17.2. The number of epoxide rings is 4. The largest absolute Gasteiger partial charge is 0.465 e. The Bertz CT molecular complexity index is 738. The predicted octanol–water partition coefficient (Wildman–Crippen LogP) is 1.02. The second-order valence-corrected chi connectivity index (χ2v) is 8.29. The number of carbonyl (C=O) groups is 2. The van der Waals surface area contributed by atoms with Crippen molar-refractivity contribution in [3.05, 3.63) is 33.4 Å². The number of benzene rings is 1. The topological polar surface area (TPSA) is 103 Å². The highest BCUT2D eigenvalue weighted by molar-refractivity contribution is 6.00. The molecule has 0 saturated carbocycles. The van der Waals surface area contributed by atoms with Crippen molar-refractivity contribution in [2.45, 2.75) is 50.1 Å². The lowest BCUT2D eigenvalue weighted by Gasteiger charge is -2.24. The highest BCUT2D eigenvalue weighted by Gasteiger charge is 2.39. The van der Waals surface area contributed by atoms with Gasteiger partial charge >= 0.3 is 11.9 Å². The lowest BCUT2D eigenvalue weighted by atomic mass is 9.80. The molecule has 5 rings (SSSR count). The number of hydrogen-bond donors (Lipinski definition) is 0. The zero-order valence-electron chi connectivity index (χ0n) is 17.2. The van der Waals surface area contributed by atoms with E-state index in [1.807, 2.05) is 0 Å². The molecule has 0 aliphatic carbocycles. The average molecular weight is 418 g/mol. The van der Waals surface area contributed by atoms with Crippen LogP contribution in [-0.2, 0) is 54.1 Å². The van der Waals surface area contributed by atoms with E-state index in [1.54, 1.807) is 0 Å².